The Balaban J connectivity index is 1.60. The molecule has 6 nitrogen and oxygen atoms in total. The van der Waals surface area contributed by atoms with Crippen LogP contribution in [0.4, 0.5) is 11.6 Å². The van der Waals surface area contributed by atoms with E-state index in [-0.39, 0.29) is 5.91 Å². The van der Waals surface area contributed by atoms with Gasteiger partial charge in [-0.2, -0.15) is 0 Å². The number of carbonyl (C=O) groups is 1. The molecule has 132 valence electrons. The Morgan fingerprint density at radius 3 is 2.54 bits per heavy atom. The Morgan fingerprint density at radius 2 is 1.81 bits per heavy atom. The number of benzene rings is 2. The van der Waals surface area contributed by atoms with E-state index in [9.17, 15) is 4.79 Å². The van der Waals surface area contributed by atoms with Gasteiger partial charge in [0.25, 0.3) is 5.91 Å². The highest BCUT2D eigenvalue weighted by molar-refractivity contribution is 6.31. The number of methoxy groups -OCH3 is 1. The van der Waals surface area contributed by atoms with Crippen molar-refractivity contribution in [3.63, 3.8) is 0 Å². The first-order valence-electron chi connectivity index (χ1n) is 7.92. The minimum Gasteiger partial charge on any atom is -0.496 e. The van der Waals surface area contributed by atoms with Gasteiger partial charge >= 0.3 is 0 Å². The van der Waals surface area contributed by atoms with Crippen LogP contribution >= 0.6 is 11.6 Å². The second-order valence-corrected chi connectivity index (χ2v) is 5.87. The first kappa shape index (κ1) is 17.7. The lowest BCUT2D eigenvalue weighted by molar-refractivity contribution is 0.102. The summed E-state index contributed by atoms with van der Waals surface area (Å²) in [5.74, 6) is 1.46. The van der Waals surface area contributed by atoms with Crippen molar-refractivity contribution in [2.24, 2.45) is 0 Å². The van der Waals surface area contributed by atoms with Gasteiger partial charge in [-0.1, -0.05) is 35.9 Å². The van der Waals surface area contributed by atoms with Crippen molar-refractivity contribution in [2.75, 3.05) is 17.7 Å². The molecule has 3 rings (SSSR count). The summed E-state index contributed by atoms with van der Waals surface area (Å²) in [6.07, 6.45) is 0. The van der Waals surface area contributed by atoms with Crippen LogP contribution in [0.5, 0.6) is 5.75 Å². The third-order valence-corrected chi connectivity index (χ3v) is 3.88. The Kier molecular flexibility index (Phi) is 5.66. The molecule has 2 aromatic carbocycles. The van der Waals surface area contributed by atoms with Gasteiger partial charge in [0, 0.05) is 22.7 Å². The number of nitrogens with one attached hydrogen (secondary N) is 2. The fourth-order valence-electron chi connectivity index (χ4n) is 2.35. The summed E-state index contributed by atoms with van der Waals surface area (Å²) in [5.41, 5.74) is 1.47. The van der Waals surface area contributed by atoms with Gasteiger partial charge in [0.05, 0.1) is 7.11 Å². The van der Waals surface area contributed by atoms with Gasteiger partial charge < -0.3 is 15.4 Å². The molecule has 0 unspecified atom stereocenters. The number of nitrogens with zero attached hydrogens (tertiary/aromatic N) is 2. The van der Waals surface area contributed by atoms with Gasteiger partial charge in [-0.3, -0.25) is 4.79 Å². The van der Waals surface area contributed by atoms with Crippen LogP contribution in [0.2, 0.25) is 5.02 Å². The molecule has 0 aliphatic carbocycles. The summed E-state index contributed by atoms with van der Waals surface area (Å²) < 4.78 is 5.31. The lowest BCUT2D eigenvalue weighted by Gasteiger charge is -2.10. The van der Waals surface area contributed by atoms with Crippen LogP contribution in [0.1, 0.15) is 15.9 Å². The summed E-state index contributed by atoms with van der Waals surface area (Å²) in [5, 5.41) is 14.4. The number of anilines is 2. The molecule has 0 saturated heterocycles. The lowest BCUT2D eigenvalue weighted by Crippen LogP contribution is -2.13. The Bertz CT molecular complexity index is 900. The van der Waals surface area contributed by atoms with Crippen molar-refractivity contribution in [2.45, 2.75) is 6.54 Å². The molecule has 1 amide bonds. The maximum absolute atomic E-state index is 12.2. The molecular formula is C19H17ClN4O2. The molecule has 0 bridgehead atoms. The molecule has 3 aromatic rings. The van der Waals surface area contributed by atoms with Crippen LogP contribution < -0.4 is 15.4 Å². The van der Waals surface area contributed by atoms with Gasteiger partial charge in [0.1, 0.15) is 11.6 Å². The highest BCUT2D eigenvalue weighted by Crippen LogP contribution is 2.18. The minimum atomic E-state index is -0.295. The maximum Gasteiger partial charge on any atom is 0.256 e. The van der Waals surface area contributed by atoms with Gasteiger partial charge in [-0.25, -0.2) is 0 Å². The van der Waals surface area contributed by atoms with Crippen molar-refractivity contribution in [3.05, 3.63) is 76.8 Å². The van der Waals surface area contributed by atoms with Gasteiger partial charge in [0.2, 0.25) is 0 Å². The molecule has 7 heteroatoms. The predicted octanol–water partition coefficient (Wildman–Crippen LogP) is 4.00. The Hall–Kier alpha value is -3.12. The van der Waals surface area contributed by atoms with Crippen LogP contribution in [0, 0.1) is 0 Å². The average Bonchev–Trinajstić information content (AvgIpc) is 2.67. The number of amides is 1. The average molecular weight is 369 g/mol. The largest absolute Gasteiger partial charge is 0.496 e. The van der Waals surface area contributed by atoms with Gasteiger partial charge in [-0.15, -0.1) is 10.2 Å². The summed E-state index contributed by atoms with van der Waals surface area (Å²) in [4.78, 5) is 12.2. The maximum atomic E-state index is 12.2. The van der Waals surface area contributed by atoms with Crippen molar-refractivity contribution in [1.82, 2.24) is 10.2 Å². The third-order valence-electron chi connectivity index (χ3n) is 3.65. The Morgan fingerprint density at radius 1 is 1.04 bits per heavy atom. The van der Waals surface area contributed by atoms with Crippen LogP contribution in [-0.2, 0) is 6.54 Å². The molecule has 0 aliphatic heterocycles. The van der Waals surface area contributed by atoms with E-state index in [2.05, 4.69) is 20.8 Å². The molecule has 0 radical (unpaired) electrons. The second kappa shape index (κ2) is 8.31. The van der Waals surface area contributed by atoms with Crippen molar-refractivity contribution >= 4 is 29.1 Å². The second-order valence-electron chi connectivity index (χ2n) is 5.43. The number of rotatable bonds is 6. The zero-order chi connectivity index (χ0) is 18.4. The van der Waals surface area contributed by atoms with Gasteiger partial charge in [-0.05, 0) is 36.4 Å². The summed E-state index contributed by atoms with van der Waals surface area (Å²) in [6.45, 7) is 0.549. The molecule has 0 spiro atoms. The summed E-state index contributed by atoms with van der Waals surface area (Å²) >= 11 is 5.89. The number of ether oxygens (including phenoxy) is 1. The molecular weight excluding hydrogens is 352 g/mol. The molecule has 0 fully saturated rings. The van der Waals surface area contributed by atoms with Crippen molar-refractivity contribution in [3.8, 4) is 5.75 Å². The molecule has 0 atom stereocenters. The Labute approximate surface area is 156 Å². The standard InChI is InChI=1S/C19H17ClN4O2/c1-26-16-8-3-2-5-14(16)12-21-17-9-10-18(24-23-17)22-19(25)13-6-4-7-15(20)11-13/h2-11H,12H2,1H3,(H,21,23)(H,22,24,25). The number of aromatic nitrogens is 2. The molecule has 2 N–H and O–H groups in total. The van der Waals surface area contributed by atoms with Crippen LogP contribution in [0.15, 0.2) is 60.7 Å². The highest BCUT2D eigenvalue weighted by Gasteiger charge is 2.08. The zero-order valence-electron chi connectivity index (χ0n) is 14.1. The van der Waals surface area contributed by atoms with E-state index in [1.54, 1.807) is 43.5 Å². The van der Waals surface area contributed by atoms with E-state index >= 15 is 0 Å². The first-order chi connectivity index (χ1) is 12.7. The molecule has 0 saturated carbocycles. The normalized spacial score (nSPS) is 10.2. The summed E-state index contributed by atoms with van der Waals surface area (Å²) in [7, 11) is 1.63. The van der Waals surface area contributed by atoms with Crippen LogP contribution in [0.25, 0.3) is 0 Å². The number of carbonyl (C=O) groups excluding carboxylic acids is 1. The smallest absolute Gasteiger partial charge is 0.256 e. The molecule has 26 heavy (non-hydrogen) atoms. The van der Waals surface area contributed by atoms with E-state index in [1.165, 1.54) is 0 Å². The minimum absolute atomic E-state index is 0.295. The number of hydrogen-bond acceptors (Lipinski definition) is 5. The third kappa shape index (κ3) is 4.49. The molecule has 1 aromatic heterocycles. The van der Waals surface area contributed by atoms with E-state index in [1.807, 2.05) is 24.3 Å². The van der Waals surface area contributed by atoms with Crippen molar-refractivity contribution in [1.29, 1.82) is 0 Å². The number of halogens is 1. The molecule has 0 aliphatic rings. The number of hydrogen-bond donors (Lipinski definition) is 2. The lowest BCUT2D eigenvalue weighted by atomic mass is 10.2. The number of para-hydroxylation sites is 1. The van der Waals surface area contributed by atoms with Crippen LogP contribution in [0.3, 0.4) is 0 Å². The van der Waals surface area contributed by atoms with E-state index in [0.29, 0.717) is 28.8 Å². The van der Waals surface area contributed by atoms with E-state index < -0.39 is 0 Å². The van der Waals surface area contributed by atoms with E-state index in [4.69, 9.17) is 16.3 Å². The predicted molar refractivity (Wildman–Crippen MR) is 102 cm³/mol. The molecule has 1 heterocycles. The SMILES string of the molecule is COc1ccccc1CNc1ccc(NC(=O)c2cccc(Cl)c2)nn1. The topological polar surface area (TPSA) is 76.1 Å². The quantitative estimate of drug-likeness (QED) is 0.687. The highest BCUT2D eigenvalue weighted by atomic mass is 35.5. The van der Waals surface area contributed by atoms with Crippen molar-refractivity contribution < 1.29 is 9.53 Å². The summed E-state index contributed by atoms with van der Waals surface area (Å²) in [6, 6.07) is 17.9. The fraction of sp³-hybridized carbons (Fsp3) is 0.105. The van der Waals surface area contributed by atoms with Crippen LogP contribution in [-0.4, -0.2) is 23.2 Å². The van der Waals surface area contributed by atoms with E-state index in [0.717, 1.165) is 11.3 Å². The first-order valence-corrected chi connectivity index (χ1v) is 8.30. The zero-order valence-corrected chi connectivity index (χ0v) is 14.8. The fourth-order valence-corrected chi connectivity index (χ4v) is 2.54. The van der Waals surface area contributed by atoms with Gasteiger partial charge in [0.15, 0.2) is 5.82 Å². The monoisotopic (exact) mass is 368 g/mol.